The van der Waals surface area contributed by atoms with Gasteiger partial charge in [-0.1, -0.05) is 6.08 Å². The number of carbonyl (C=O) groups excluding carboxylic acids is 3. The van der Waals surface area contributed by atoms with Crippen molar-refractivity contribution in [3.05, 3.63) is 36.4 Å². The van der Waals surface area contributed by atoms with Gasteiger partial charge in [0.1, 0.15) is 11.3 Å². The summed E-state index contributed by atoms with van der Waals surface area (Å²) >= 11 is 0. The molecular formula is C14H17N3O7S. The smallest absolute Gasteiger partial charge is 0.342 e. The van der Waals surface area contributed by atoms with E-state index < -0.39 is 34.5 Å². The van der Waals surface area contributed by atoms with Crippen LogP contribution in [0.2, 0.25) is 0 Å². The Balaban J connectivity index is 2.78. The Hall–Kier alpha value is -2.92. The first kappa shape index (κ1) is 20.1. The van der Waals surface area contributed by atoms with Crippen LogP contribution < -0.4 is 20.5 Å². The third-order valence-electron chi connectivity index (χ3n) is 2.71. The number of ether oxygens (including phenoxy) is 2. The van der Waals surface area contributed by atoms with Crippen LogP contribution in [0.4, 0.5) is 4.79 Å². The lowest BCUT2D eigenvalue weighted by Gasteiger charge is -2.10. The van der Waals surface area contributed by atoms with Crippen molar-refractivity contribution in [2.24, 2.45) is 5.14 Å². The van der Waals surface area contributed by atoms with Crippen molar-refractivity contribution in [1.82, 2.24) is 10.6 Å². The van der Waals surface area contributed by atoms with E-state index in [1.165, 1.54) is 19.3 Å². The highest BCUT2D eigenvalue weighted by molar-refractivity contribution is 7.89. The second-order valence-corrected chi connectivity index (χ2v) is 6.09. The van der Waals surface area contributed by atoms with Crippen LogP contribution in [0.1, 0.15) is 10.4 Å². The minimum absolute atomic E-state index is 0.0292. The number of urea groups is 1. The average Bonchev–Trinajstić information content (AvgIpc) is 2.56. The largest absolute Gasteiger partial charge is 0.496 e. The maximum atomic E-state index is 12.0. The molecule has 1 aromatic carbocycles. The number of amides is 3. The molecule has 0 heterocycles. The van der Waals surface area contributed by atoms with Crippen molar-refractivity contribution in [1.29, 1.82) is 0 Å². The topological polar surface area (TPSA) is 154 Å². The summed E-state index contributed by atoms with van der Waals surface area (Å²) in [4.78, 5) is 34.5. The van der Waals surface area contributed by atoms with Crippen molar-refractivity contribution < 1.29 is 32.3 Å². The Morgan fingerprint density at radius 1 is 1.32 bits per heavy atom. The van der Waals surface area contributed by atoms with Crippen LogP contribution in [0.15, 0.2) is 35.7 Å². The lowest BCUT2D eigenvalue weighted by Crippen LogP contribution is -2.41. The first-order valence-corrected chi connectivity index (χ1v) is 8.30. The average molecular weight is 371 g/mol. The fourth-order valence-corrected chi connectivity index (χ4v) is 2.14. The zero-order valence-electron chi connectivity index (χ0n) is 13.3. The van der Waals surface area contributed by atoms with Crippen molar-refractivity contribution in [3.63, 3.8) is 0 Å². The van der Waals surface area contributed by atoms with Crippen LogP contribution in [-0.2, 0) is 19.6 Å². The monoisotopic (exact) mass is 371 g/mol. The van der Waals surface area contributed by atoms with Crippen LogP contribution in [0.5, 0.6) is 5.75 Å². The number of hydrogen-bond acceptors (Lipinski definition) is 7. The van der Waals surface area contributed by atoms with Gasteiger partial charge in [0, 0.05) is 6.54 Å². The molecule has 11 heteroatoms. The Morgan fingerprint density at radius 3 is 2.56 bits per heavy atom. The van der Waals surface area contributed by atoms with Crippen molar-refractivity contribution in [2.75, 3.05) is 20.3 Å². The molecule has 0 saturated heterocycles. The third-order valence-corrected chi connectivity index (χ3v) is 3.62. The molecule has 0 saturated carbocycles. The lowest BCUT2D eigenvalue weighted by molar-refractivity contribution is -0.123. The number of nitrogens with one attached hydrogen (secondary N) is 2. The molecule has 0 unspecified atom stereocenters. The summed E-state index contributed by atoms with van der Waals surface area (Å²) in [5, 5.41) is 9.22. The van der Waals surface area contributed by atoms with Crippen molar-refractivity contribution >= 4 is 27.9 Å². The molecule has 3 amide bonds. The predicted molar refractivity (Wildman–Crippen MR) is 86.4 cm³/mol. The molecule has 0 bridgehead atoms. The molecule has 0 aliphatic heterocycles. The molecule has 0 aromatic heterocycles. The van der Waals surface area contributed by atoms with E-state index in [-0.39, 0.29) is 22.8 Å². The molecule has 136 valence electrons. The predicted octanol–water partition coefficient (Wildman–Crippen LogP) is -0.489. The molecule has 1 aromatic rings. The molecular weight excluding hydrogens is 354 g/mol. The highest BCUT2D eigenvalue weighted by Gasteiger charge is 2.19. The number of primary sulfonamides is 1. The molecule has 4 N–H and O–H groups in total. The number of esters is 1. The van der Waals surface area contributed by atoms with E-state index in [1.54, 1.807) is 0 Å². The van der Waals surface area contributed by atoms with Crippen LogP contribution in [0.25, 0.3) is 0 Å². The van der Waals surface area contributed by atoms with Crippen LogP contribution in [0.3, 0.4) is 0 Å². The number of sulfonamides is 1. The number of methoxy groups -OCH3 is 1. The minimum atomic E-state index is -4.04. The van der Waals surface area contributed by atoms with Gasteiger partial charge in [-0.15, -0.1) is 6.58 Å². The molecule has 0 spiro atoms. The highest BCUT2D eigenvalue weighted by Crippen LogP contribution is 2.22. The van der Waals surface area contributed by atoms with Gasteiger partial charge in [0.05, 0.1) is 12.0 Å². The van der Waals surface area contributed by atoms with Crippen LogP contribution >= 0.6 is 0 Å². The normalized spacial score (nSPS) is 10.5. The number of benzene rings is 1. The minimum Gasteiger partial charge on any atom is -0.496 e. The zero-order chi connectivity index (χ0) is 19.0. The summed E-state index contributed by atoms with van der Waals surface area (Å²) in [6.45, 7) is 2.77. The highest BCUT2D eigenvalue weighted by atomic mass is 32.2. The standard InChI is InChI=1S/C14H17N3O7S/c1-3-6-16-14(20)17-12(18)8-24-13(19)10-7-9(25(15,21)22)4-5-11(10)23-2/h3-5,7H,1,6,8H2,2H3,(H2,15,21,22)(H2,16,17,18,20). The van der Waals surface area contributed by atoms with E-state index in [2.05, 4.69) is 11.9 Å². The summed E-state index contributed by atoms with van der Waals surface area (Å²) in [7, 11) is -2.78. The maximum absolute atomic E-state index is 12.0. The Kier molecular flexibility index (Phi) is 7.08. The number of carbonyl (C=O) groups is 3. The van der Waals surface area contributed by atoms with Gasteiger partial charge in [-0.25, -0.2) is 23.1 Å². The third kappa shape index (κ3) is 6.24. The maximum Gasteiger partial charge on any atom is 0.342 e. The van der Waals surface area contributed by atoms with Crippen molar-refractivity contribution in [3.8, 4) is 5.75 Å². The fourth-order valence-electron chi connectivity index (χ4n) is 1.60. The SMILES string of the molecule is C=CCNC(=O)NC(=O)COC(=O)c1cc(S(N)(=O)=O)ccc1OC. The molecule has 25 heavy (non-hydrogen) atoms. The molecule has 0 fully saturated rings. The number of nitrogens with two attached hydrogens (primary N) is 1. The summed E-state index contributed by atoms with van der Waals surface area (Å²) in [5.74, 6) is -1.87. The first-order valence-electron chi connectivity index (χ1n) is 6.75. The molecule has 0 radical (unpaired) electrons. The lowest BCUT2D eigenvalue weighted by atomic mass is 10.2. The molecule has 0 atom stereocenters. The van der Waals surface area contributed by atoms with E-state index in [4.69, 9.17) is 14.6 Å². The Labute approximate surface area is 144 Å². The van der Waals surface area contributed by atoms with Gasteiger partial charge < -0.3 is 14.8 Å². The van der Waals surface area contributed by atoms with E-state index >= 15 is 0 Å². The number of imide groups is 1. The Morgan fingerprint density at radius 2 is 2.00 bits per heavy atom. The van der Waals surface area contributed by atoms with Gasteiger partial charge in [-0.3, -0.25) is 10.1 Å². The summed E-state index contributed by atoms with van der Waals surface area (Å²) in [6.07, 6.45) is 1.41. The summed E-state index contributed by atoms with van der Waals surface area (Å²) in [5.41, 5.74) is -0.238. The van der Waals surface area contributed by atoms with Crippen molar-refractivity contribution in [2.45, 2.75) is 4.90 Å². The zero-order valence-corrected chi connectivity index (χ0v) is 14.1. The van der Waals surface area contributed by atoms with Gasteiger partial charge in [-0.2, -0.15) is 0 Å². The number of hydrogen-bond donors (Lipinski definition) is 3. The molecule has 1 rings (SSSR count). The van der Waals surface area contributed by atoms with Crippen LogP contribution in [0, 0.1) is 0 Å². The summed E-state index contributed by atoms with van der Waals surface area (Å²) < 4.78 is 32.4. The van der Waals surface area contributed by atoms with E-state index in [9.17, 15) is 22.8 Å². The van der Waals surface area contributed by atoms with E-state index in [0.717, 1.165) is 12.1 Å². The van der Waals surface area contributed by atoms with Gasteiger partial charge >= 0.3 is 12.0 Å². The Bertz CT molecular complexity index is 790. The number of rotatable bonds is 7. The fraction of sp³-hybridized carbons (Fsp3) is 0.214. The van der Waals surface area contributed by atoms with Gasteiger partial charge in [0.15, 0.2) is 6.61 Å². The van der Waals surface area contributed by atoms with Gasteiger partial charge in [-0.05, 0) is 18.2 Å². The molecule has 0 aliphatic carbocycles. The van der Waals surface area contributed by atoms with Crippen LogP contribution in [-0.4, -0.2) is 46.6 Å². The first-order chi connectivity index (χ1) is 11.7. The van der Waals surface area contributed by atoms with E-state index in [0.29, 0.717) is 0 Å². The second kappa shape index (κ2) is 8.80. The molecule has 0 aliphatic rings. The summed E-state index contributed by atoms with van der Waals surface area (Å²) in [6, 6.07) is 2.56. The van der Waals surface area contributed by atoms with Gasteiger partial charge in [0.25, 0.3) is 5.91 Å². The van der Waals surface area contributed by atoms with E-state index in [1.807, 2.05) is 5.32 Å². The quantitative estimate of drug-likeness (QED) is 0.431. The molecule has 10 nitrogen and oxygen atoms in total. The second-order valence-electron chi connectivity index (χ2n) is 4.53. The van der Waals surface area contributed by atoms with Gasteiger partial charge in [0.2, 0.25) is 10.0 Å².